The van der Waals surface area contributed by atoms with Crippen molar-refractivity contribution < 1.29 is 28.6 Å². The lowest BCUT2D eigenvalue weighted by Gasteiger charge is -2.16. The molecule has 0 aliphatic heterocycles. The molecule has 0 aromatic rings. The predicted octanol–water partition coefficient (Wildman–Crippen LogP) is 6.06. The Hall–Kier alpha value is -1.85. The minimum atomic E-state index is -0.764. The third-order valence-corrected chi connectivity index (χ3v) is 4.88. The molecule has 6 heteroatoms. The Labute approximate surface area is 189 Å². The van der Waals surface area contributed by atoms with Gasteiger partial charge in [-0.25, -0.2) is 0 Å². The molecule has 0 radical (unpaired) electrons. The van der Waals surface area contributed by atoms with Crippen LogP contribution in [0.5, 0.6) is 0 Å². The van der Waals surface area contributed by atoms with Crippen molar-refractivity contribution in [3.63, 3.8) is 0 Å². The van der Waals surface area contributed by atoms with Crippen LogP contribution >= 0.6 is 0 Å². The van der Waals surface area contributed by atoms with Crippen LogP contribution in [0.4, 0.5) is 0 Å². The van der Waals surface area contributed by atoms with Gasteiger partial charge in [-0.1, -0.05) is 70.4 Å². The van der Waals surface area contributed by atoms with E-state index in [0.717, 1.165) is 25.7 Å². The van der Waals surface area contributed by atoms with Gasteiger partial charge >= 0.3 is 17.9 Å². The summed E-state index contributed by atoms with van der Waals surface area (Å²) in [5.41, 5.74) is 0. The topological polar surface area (TPSA) is 78.9 Å². The first-order valence-electron chi connectivity index (χ1n) is 12.1. The standard InChI is InChI=1S/C25H44O6/c1-4-5-6-7-8-9-10-11-12-13-14-15-16-17-18-19-25(28)30-21-24(31-23(3)27)20-29-22(2)26/h11-12,24H,4-10,13-21H2,1-3H3/b12-11+. The summed E-state index contributed by atoms with van der Waals surface area (Å²) in [5.74, 6) is -1.31. The third kappa shape index (κ3) is 22.7. The van der Waals surface area contributed by atoms with Gasteiger partial charge in [0.05, 0.1) is 0 Å². The predicted molar refractivity (Wildman–Crippen MR) is 123 cm³/mol. The van der Waals surface area contributed by atoms with Crippen LogP contribution in [0, 0.1) is 0 Å². The molecule has 180 valence electrons. The van der Waals surface area contributed by atoms with Crippen LogP contribution in [0.3, 0.4) is 0 Å². The smallest absolute Gasteiger partial charge is 0.305 e. The zero-order valence-electron chi connectivity index (χ0n) is 20.0. The number of hydrogen-bond acceptors (Lipinski definition) is 6. The van der Waals surface area contributed by atoms with E-state index in [1.807, 2.05) is 0 Å². The van der Waals surface area contributed by atoms with E-state index in [1.54, 1.807) is 0 Å². The van der Waals surface area contributed by atoms with Crippen LogP contribution in [0.15, 0.2) is 12.2 Å². The first-order chi connectivity index (χ1) is 15.0. The second-order valence-corrected chi connectivity index (χ2v) is 8.05. The molecule has 0 saturated heterocycles. The molecule has 0 N–H and O–H groups in total. The van der Waals surface area contributed by atoms with Gasteiger partial charge in [-0.2, -0.15) is 0 Å². The van der Waals surface area contributed by atoms with Crippen LogP contribution < -0.4 is 0 Å². The maximum absolute atomic E-state index is 11.8. The lowest BCUT2D eigenvalue weighted by molar-refractivity contribution is -0.164. The molecule has 0 bridgehead atoms. The van der Waals surface area contributed by atoms with Gasteiger partial charge in [0.15, 0.2) is 6.10 Å². The number of hydrogen-bond donors (Lipinski definition) is 0. The molecule has 0 aliphatic carbocycles. The lowest BCUT2D eigenvalue weighted by Crippen LogP contribution is -2.29. The SMILES string of the molecule is CCCCCCCC/C=C/CCCCCCCC(=O)OCC(COC(C)=O)OC(C)=O. The fourth-order valence-electron chi connectivity index (χ4n) is 3.16. The normalized spacial score (nSPS) is 12.0. The van der Waals surface area contributed by atoms with E-state index in [0.29, 0.717) is 6.42 Å². The molecule has 31 heavy (non-hydrogen) atoms. The van der Waals surface area contributed by atoms with Crippen molar-refractivity contribution >= 4 is 17.9 Å². The molecule has 0 fully saturated rings. The molecule has 0 spiro atoms. The molecule has 0 aromatic carbocycles. The molecule has 1 atom stereocenters. The maximum atomic E-state index is 11.8. The maximum Gasteiger partial charge on any atom is 0.305 e. The minimum Gasteiger partial charge on any atom is -0.462 e. The number of ether oxygens (including phenoxy) is 3. The van der Waals surface area contributed by atoms with Gasteiger partial charge in [0.2, 0.25) is 0 Å². The highest BCUT2D eigenvalue weighted by molar-refractivity contribution is 5.69. The summed E-state index contributed by atoms with van der Waals surface area (Å²) in [6, 6.07) is 0. The van der Waals surface area contributed by atoms with Crippen LogP contribution in [0.25, 0.3) is 0 Å². The van der Waals surface area contributed by atoms with Crippen molar-refractivity contribution in [1.82, 2.24) is 0 Å². The molecule has 0 aromatic heterocycles. The highest BCUT2D eigenvalue weighted by atomic mass is 16.6. The van der Waals surface area contributed by atoms with Crippen molar-refractivity contribution in [1.29, 1.82) is 0 Å². The van der Waals surface area contributed by atoms with E-state index in [1.165, 1.54) is 71.6 Å². The van der Waals surface area contributed by atoms with Crippen LogP contribution in [0.2, 0.25) is 0 Å². The Bertz CT molecular complexity index is 500. The molecule has 6 nitrogen and oxygen atoms in total. The molecule has 0 heterocycles. The van der Waals surface area contributed by atoms with E-state index < -0.39 is 18.0 Å². The van der Waals surface area contributed by atoms with Gasteiger partial charge in [0, 0.05) is 20.3 Å². The summed E-state index contributed by atoms with van der Waals surface area (Å²) in [5, 5.41) is 0. The number of allylic oxidation sites excluding steroid dienone is 2. The monoisotopic (exact) mass is 440 g/mol. The van der Waals surface area contributed by atoms with Gasteiger partial charge in [-0.3, -0.25) is 14.4 Å². The quantitative estimate of drug-likeness (QED) is 0.0990. The summed E-state index contributed by atoms with van der Waals surface area (Å²) in [6.07, 6.45) is 19.9. The van der Waals surface area contributed by atoms with E-state index in [4.69, 9.17) is 14.2 Å². The average Bonchev–Trinajstić information content (AvgIpc) is 2.72. The number of unbranched alkanes of at least 4 members (excludes halogenated alkanes) is 11. The number of rotatable bonds is 20. The van der Waals surface area contributed by atoms with Crippen molar-refractivity contribution in [2.45, 2.75) is 117 Å². The average molecular weight is 441 g/mol. The molecular weight excluding hydrogens is 396 g/mol. The second kappa shape index (κ2) is 21.4. The zero-order valence-corrected chi connectivity index (χ0v) is 20.0. The Balaban J connectivity index is 3.58. The Morgan fingerprint density at radius 2 is 1.19 bits per heavy atom. The molecule has 0 amide bonds. The first kappa shape index (κ1) is 29.1. The number of esters is 3. The fraction of sp³-hybridized carbons (Fsp3) is 0.800. The van der Waals surface area contributed by atoms with Crippen LogP contribution in [-0.2, 0) is 28.6 Å². The zero-order chi connectivity index (χ0) is 23.2. The molecule has 0 saturated carbocycles. The number of carbonyl (C=O) groups excluding carboxylic acids is 3. The van der Waals surface area contributed by atoms with Gasteiger partial charge in [-0.05, 0) is 32.1 Å². The number of carbonyl (C=O) groups is 3. The van der Waals surface area contributed by atoms with Crippen molar-refractivity contribution in [3.05, 3.63) is 12.2 Å². The van der Waals surface area contributed by atoms with Gasteiger partial charge in [-0.15, -0.1) is 0 Å². The fourth-order valence-corrected chi connectivity index (χ4v) is 3.16. The molecule has 0 rings (SSSR count). The summed E-state index contributed by atoms with van der Waals surface area (Å²) in [6.45, 7) is 4.56. The Morgan fingerprint density at radius 3 is 1.74 bits per heavy atom. The van der Waals surface area contributed by atoms with E-state index in [9.17, 15) is 14.4 Å². The van der Waals surface area contributed by atoms with Crippen molar-refractivity contribution in [2.75, 3.05) is 13.2 Å². The van der Waals surface area contributed by atoms with Gasteiger partial charge in [0.25, 0.3) is 0 Å². The van der Waals surface area contributed by atoms with Crippen molar-refractivity contribution in [2.24, 2.45) is 0 Å². The minimum absolute atomic E-state index is 0.100. The van der Waals surface area contributed by atoms with E-state index in [2.05, 4.69) is 19.1 Å². The lowest BCUT2D eigenvalue weighted by atomic mass is 10.1. The van der Waals surface area contributed by atoms with Crippen molar-refractivity contribution in [3.8, 4) is 0 Å². The Kier molecular flexibility index (Phi) is 20.1. The highest BCUT2D eigenvalue weighted by Crippen LogP contribution is 2.10. The molecule has 0 aliphatic rings. The van der Waals surface area contributed by atoms with Gasteiger partial charge < -0.3 is 14.2 Å². The summed E-state index contributed by atoms with van der Waals surface area (Å²) >= 11 is 0. The van der Waals surface area contributed by atoms with Gasteiger partial charge in [0.1, 0.15) is 13.2 Å². The largest absolute Gasteiger partial charge is 0.462 e. The first-order valence-corrected chi connectivity index (χ1v) is 12.1. The molecule has 1 unspecified atom stereocenters. The third-order valence-electron chi connectivity index (χ3n) is 4.88. The van der Waals surface area contributed by atoms with Crippen LogP contribution in [-0.4, -0.2) is 37.2 Å². The highest BCUT2D eigenvalue weighted by Gasteiger charge is 2.16. The van der Waals surface area contributed by atoms with E-state index in [-0.39, 0.29) is 19.2 Å². The Morgan fingerprint density at radius 1 is 0.677 bits per heavy atom. The summed E-state index contributed by atoms with van der Waals surface area (Å²) in [7, 11) is 0. The van der Waals surface area contributed by atoms with Crippen LogP contribution in [0.1, 0.15) is 111 Å². The summed E-state index contributed by atoms with van der Waals surface area (Å²) in [4.78, 5) is 33.8. The van der Waals surface area contributed by atoms with E-state index >= 15 is 0 Å². The second-order valence-electron chi connectivity index (χ2n) is 8.05. The molecular formula is C25H44O6. The summed E-state index contributed by atoms with van der Waals surface area (Å²) < 4.78 is 14.9.